The van der Waals surface area contributed by atoms with Crippen LogP contribution in [0.3, 0.4) is 0 Å². The van der Waals surface area contributed by atoms with E-state index in [1.54, 1.807) is 26.4 Å². The molecule has 0 radical (unpaired) electrons. The average Bonchev–Trinajstić information content (AvgIpc) is 3.13. The molecule has 6 nitrogen and oxygen atoms in total. The van der Waals surface area contributed by atoms with Crippen LogP contribution in [0.1, 0.15) is 28.3 Å². The van der Waals surface area contributed by atoms with E-state index in [-0.39, 0.29) is 17.9 Å². The Balaban J connectivity index is 1.73. The summed E-state index contributed by atoms with van der Waals surface area (Å²) in [5.41, 5.74) is 3.18. The van der Waals surface area contributed by atoms with Gasteiger partial charge in [0.15, 0.2) is 11.5 Å². The smallest absolute Gasteiger partial charge is 0.295 e. The molecule has 0 aliphatic carbocycles. The van der Waals surface area contributed by atoms with Crippen molar-refractivity contribution in [1.82, 2.24) is 4.90 Å². The van der Waals surface area contributed by atoms with Gasteiger partial charge in [-0.05, 0) is 54.3 Å². The number of methoxy groups -OCH3 is 2. The Labute approximate surface area is 212 Å². The number of ether oxygens (including phenoxy) is 2. The van der Waals surface area contributed by atoms with E-state index in [0.29, 0.717) is 23.5 Å². The highest BCUT2D eigenvalue weighted by atomic mass is 79.9. The molecule has 1 saturated heterocycles. The van der Waals surface area contributed by atoms with E-state index in [4.69, 9.17) is 9.47 Å². The quantitative estimate of drug-likeness (QED) is 0.247. The van der Waals surface area contributed by atoms with E-state index in [1.165, 1.54) is 4.90 Å². The van der Waals surface area contributed by atoms with Crippen LogP contribution in [0.4, 0.5) is 0 Å². The summed E-state index contributed by atoms with van der Waals surface area (Å²) in [6.07, 6.45) is 0.494. The molecule has 1 N–H and O–H groups in total. The lowest BCUT2D eigenvalue weighted by Crippen LogP contribution is -2.31. The normalized spacial score (nSPS) is 17.0. The second-order valence-electron chi connectivity index (χ2n) is 8.31. The highest BCUT2D eigenvalue weighted by molar-refractivity contribution is 9.10. The van der Waals surface area contributed by atoms with Crippen molar-refractivity contribution in [2.75, 3.05) is 20.8 Å². The first kappa shape index (κ1) is 24.5. The molecule has 1 atom stereocenters. The Hall–Kier alpha value is -3.58. The van der Waals surface area contributed by atoms with Gasteiger partial charge in [0.05, 0.1) is 25.8 Å². The number of carbonyl (C=O) groups excluding carboxylic acids is 2. The zero-order valence-electron chi connectivity index (χ0n) is 19.7. The number of Topliss-reactive ketones (excluding diaryl/α,β-unsaturated/α-hetero) is 1. The molecule has 0 spiro atoms. The van der Waals surface area contributed by atoms with Gasteiger partial charge >= 0.3 is 0 Å². The molecule has 7 heteroatoms. The highest BCUT2D eigenvalue weighted by Crippen LogP contribution is 2.40. The standard InChI is InChI=1S/C28H26BrNO5/c1-17-15-20(10-11-21(17)29)26(31)24-25(19-7-5-4-6-8-19)30(28(33)27(24)32)14-13-18-9-12-22(34-2)23(16-18)35-3/h4-12,15-16,25,31H,13-14H2,1-3H3/b26-24-. The first-order valence-corrected chi connectivity index (χ1v) is 12.0. The van der Waals surface area contributed by atoms with Gasteiger partial charge < -0.3 is 19.5 Å². The van der Waals surface area contributed by atoms with Crippen LogP contribution < -0.4 is 9.47 Å². The topological polar surface area (TPSA) is 76.1 Å². The number of ketones is 1. The maximum atomic E-state index is 13.2. The second-order valence-corrected chi connectivity index (χ2v) is 9.16. The van der Waals surface area contributed by atoms with Crippen LogP contribution in [0, 0.1) is 6.92 Å². The number of halogens is 1. The van der Waals surface area contributed by atoms with Crippen molar-refractivity contribution >= 4 is 33.4 Å². The second kappa shape index (κ2) is 10.4. The van der Waals surface area contributed by atoms with Gasteiger partial charge in [-0.3, -0.25) is 9.59 Å². The molecule has 0 bridgehead atoms. The number of aryl methyl sites for hydroxylation is 1. The maximum absolute atomic E-state index is 13.2. The third kappa shape index (κ3) is 4.82. The number of amides is 1. The molecule has 1 aliphatic rings. The van der Waals surface area contributed by atoms with Gasteiger partial charge in [0.2, 0.25) is 0 Å². The molecular weight excluding hydrogens is 510 g/mol. The molecule has 3 aromatic rings. The summed E-state index contributed by atoms with van der Waals surface area (Å²) in [5.74, 6) is -0.289. The van der Waals surface area contributed by atoms with E-state index < -0.39 is 17.7 Å². The Bertz CT molecular complexity index is 1300. The van der Waals surface area contributed by atoms with Crippen molar-refractivity contribution in [3.8, 4) is 11.5 Å². The molecule has 1 fully saturated rings. The predicted molar refractivity (Wildman–Crippen MR) is 138 cm³/mol. The molecule has 0 saturated carbocycles. The molecule has 0 aromatic heterocycles. The lowest BCUT2D eigenvalue weighted by Gasteiger charge is -2.25. The summed E-state index contributed by atoms with van der Waals surface area (Å²) in [6.45, 7) is 2.19. The van der Waals surface area contributed by atoms with Gasteiger partial charge in [0.25, 0.3) is 11.7 Å². The average molecular weight is 536 g/mol. The summed E-state index contributed by atoms with van der Waals surface area (Å²) < 4.78 is 11.6. The number of hydrogen-bond acceptors (Lipinski definition) is 5. The van der Waals surface area contributed by atoms with Gasteiger partial charge in [-0.15, -0.1) is 0 Å². The summed E-state index contributed by atoms with van der Waals surface area (Å²) in [4.78, 5) is 27.9. The third-order valence-electron chi connectivity index (χ3n) is 6.18. The lowest BCUT2D eigenvalue weighted by atomic mass is 9.95. The van der Waals surface area contributed by atoms with Gasteiger partial charge in [0.1, 0.15) is 5.76 Å². The SMILES string of the molecule is COc1ccc(CCN2C(=O)C(=O)/C(=C(\O)c3ccc(Br)c(C)c3)C2c2ccccc2)cc1OC. The molecule has 1 unspecified atom stereocenters. The molecule has 1 amide bonds. The van der Waals surface area contributed by atoms with Crippen LogP contribution in [0.2, 0.25) is 0 Å². The van der Waals surface area contributed by atoms with E-state index in [1.807, 2.05) is 61.5 Å². The monoisotopic (exact) mass is 535 g/mol. The van der Waals surface area contributed by atoms with Crippen molar-refractivity contribution in [2.45, 2.75) is 19.4 Å². The van der Waals surface area contributed by atoms with E-state index in [9.17, 15) is 14.7 Å². The molecule has 4 rings (SSSR count). The van der Waals surface area contributed by atoms with Crippen molar-refractivity contribution in [3.63, 3.8) is 0 Å². The largest absolute Gasteiger partial charge is 0.507 e. The van der Waals surface area contributed by atoms with Crippen LogP contribution in [-0.4, -0.2) is 42.5 Å². The van der Waals surface area contributed by atoms with Crippen LogP contribution in [0.25, 0.3) is 5.76 Å². The van der Waals surface area contributed by atoms with Gasteiger partial charge in [-0.2, -0.15) is 0 Å². The molecule has 180 valence electrons. The number of rotatable bonds is 7. The van der Waals surface area contributed by atoms with E-state index >= 15 is 0 Å². The third-order valence-corrected chi connectivity index (χ3v) is 7.07. The number of benzene rings is 3. The van der Waals surface area contributed by atoms with Crippen molar-refractivity contribution in [3.05, 3.63) is 99.0 Å². The summed E-state index contributed by atoms with van der Waals surface area (Å²) >= 11 is 3.46. The fraction of sp³-hybridized carbons (Fsp3) is 0.214. The van der Waals surface area contributed by atoms with Gasteiger partial charge in [-0.1, -0.05) is 58.4 Å². The van der Waals surface area contributed by atoms with Gasteiger partial charge in [0, 0.05) is 16.6 Å². The maximum Gasteiger partial charge on any atom is 0.295 e. The molecular formula is C28H26BrNO5. The minimum Gasteiger partial charge on any atom is -0.507 e. The zero-order chi connectivity index (χ0) is 25.1. The predicted octanol–water partition coefficient (Wildman–Crippen LogP) is 5.44. The number of likely N-dealkylation sites (tertiary alicyclic amines) is 1. The zero-order valence-corrected chi connectivity index (χ0v) is 21.3. The summed E-state index contributed by atoms with van der Waals surface area (Å²) in [7, 11) is 3.14. The highest BCUT2D eigenvalue weighted by Gasteiger charge is 2.45. The number of aliphatic hydroxyl groups is 1. The van der Waals surface area contributed by atoms with Gasteiger partial charge in [-0.25, -0.2) is 0 Å². The first-order valence-electron chi connectivity index (χ1n) is 11.2. The van der Waals surface area contributed by atoms with Crippen molar-refractivity contribution in [2.24, 2.45) is 0 Å². The number of aliphatic hydroxyl groups excluding tert-OH is 1. The summed E-state index contributed by atoms with van der Waals surface area (Å²) in [5, 5.41) is 11.2. The van der Waals surface area contributed by atoms with Crippen LogP contribution in [-0.2, 0) is 16.0 Å². The van der Waals surface area contributed by atoms with Crippen molar-refractivity contribution < 1.29 is 24.2 Å². The Morgan fingerprint density at radius 1 is 0.971 bits per heavy atom. The molecule has 35 heavy (non-hydrogen) atoms. The Kier molecular flexibility index (Phi) is 7.26. The fourth-order valence-corrected chi connectivity index (χ4v) is 4.57. The van der Waals surface area contributed by atoms with Crippen LogP contribution in [0.15, 0.2) is 76.8 Å². The first-order chi connectivity index (χ1) is 16.8. The van der Waals surface area contributed by atoms with Crippen LogP contribution in [0.5, 0.6) is 11.5 Å². The number of hydrogen-bond donors (Lipinski definition) is 1. The van der Waals surface area contributed by atoms with E-state index in [0.717, 1.165) is 21.2 Å². The minimum atomic E-state index is -0.694. The lowest BCUT2D eigenvalue weighted by molar-refractivity contribution is -0.139. The minimum absolute atomic E-state index is 0.0928. The van der Waals surface area contributed by atoms with Crippen LogP contribution >= 0.6 is 15.9 Å². The number of nitrogens with zero attached hydrogens (tertiary/aromatic N) is 1. The van der Waals surface area contributed by atoms with Crippen molar-refractivity contribution in [1.29, 1.82) is 0 Å². The Morgan fingerprint density at radius 3 is 2.34 bits per heavy atom. The molecule has 3 aromatic carbocycles. The number of carbonyl (C=O) groups is 2. The fourth-order valence-electron chi connectivity index (χ4n) is 4.33. The Morgan fingerprint density at radius 2 is 1.69 bits per heavy atom. The van der Waals surface area contributed by atoms with E-state index in [2.05, 4.69) is 15.9 Å². The molecule has 1 aliphatic heterocycles. The molecule has 1 heterocycles. The summed E-state index contributed by atoms with van der Waals surface area (Å²) in [6, 6.07) is 19.5.